The molecule has 0 spiro atoms. The number of amides is 3. The van der Waals surface area contributed by atoms with Crippen LogP contribution in [0.4, 0.5) is 0 Å². The smallest absolute Gasteiger partial charge is 0.268 e. The zero-order chi connectivity index (χ0) is 29.7. The van der Waals surface area contributed by atoms with Crippen molar-refractivity contribution in [1.82, 2.24) is 24.8 Å². The Morgan fingerprint density at radius 1 is 1.02 bits per heavy atom. The first-order valence-corrected chi connectivity index (χ1v) is 15.4. The topological polar surface area (TPSA) is 132 Å². The predicted octanol–water partition coefficient (Wildman–Crippen LogP) is 3.41. The molecule has 2 fully saturated rings. The van der Waals surface area contributed by atoms with E-state index in [1.54, 1.807) is 15.9 Å². The number of carbonyl (C=O) groups is 3. The van der Waals surface area contributed by atoms with Crippen LogP contribution in [0, 0.1) is 5.41 Å². The minimum atomic E-state index is -4.07. The van der Waals surface area contributed by atoms with Crippen molar-refractivity contribution in [3.63, 3.8) is 0 Å². The summed E-state index contributed by atoms with van der Waals surface area (Å²) in [5, 5.41) is 4.02. The third kappa shape index (κ3) is 5.94. The van der Waals surface area contributed by atoms with E-state index in [4.69, 9.17) is 23.2 Å². The summed E-state index contributed by atoms with van der Waals surface area (Å²) in [4.78, 5) is 46.1. The molecule has 2 saturated heterocycles. The number of rotatable bonds is 7. The number of hydrogen-bond acceptors (Lipinski definition) is 5. The van der Waals surface area contributed by atoms with Gasteiger partial charge in [-0.2, -0.15) is 0 Å². The van der Waals surface area contributed by atoms with Crippen molar-refractivity contribution in [3.8, 4) is 0 Å². The lowest BCUT2D eigenvalue weighted by molar-refractivity contribution is -0.142. The normalized spacial score (nSPS) is 19.5. The number of H-pyrrole nitrogens is 1. The molecule has 2 aliphatic heterocycles. The van der Waals surface area contributed by atoms with Crippen molar-refractivity contribution < 1.29 is 22.8 Å². The average molecular weight is 621 g/mol. The van der Waals surface area contributed by atoms with E-state index in [0.717, 1.165) is 10.9 Å². The Bertz CT molecular complexity index is 1600. The highest BCUT2D eigenvalue weighted by molar-refractivity contribution is 7.89. The van der Waals surface area contributed by atoms with E-state index in [-0.39, 0.29) is 45.4 Å². The second kappa shape index (κ2) is 10.9. The highest BCUT2D eigenvalue weighted by atomic mass is 35.5. The first-order valence-electron chi connectivity index (χ1n) is 13.2. The maximum Gasteiger partial charge on any atom is 0.268 e. The second-order valence-corrected chi connectivity index (χ2v) is 14.1. The second-order valence-electron chi connectivity index (χ2n) is 11.5. The van der Waals surface area contributed by atoms with Gasteiger partial charge in [0.2, 0.25) is 21.8 Å². The Balaban J connectivity index is 1.22. The molecule has 0 unspecified atom stereocenters. The van der Waals surface area contributed by atoms with Gasteiger partial charge in [-0.05, 0) is 42.2 Å². The average Bonchev–Trinajstić information content (AvgIpc) is 3.65. The van der Waals surface area contributed by atoms with Crippen LogP contribution >= 0.6 is 23.2 Å². The van der Waals surface area contributed by atoms with E-state index in [9.17, 15) is 22.8 Å². The van der Waals surface area contributed by atoms with Crippen LogP contribution in [0.15, 0.2) is 53.4 Å². The molecule has 0 radical (unpaired) electrons. The van der Waals surface area contributed by atoms with Crippen LogP contribution in [-0.4, -0.2) is 78.7 Å². The van der Waals surface area contributed by atoms with E-state index in [2.05, 4.69) is 15.0 Å². The highest BCUT2D eigenvalue weighted by Gasteiger charge is 2.49. The molecule has 3 N–H and O–H groups in total. The standard InChI is InChI=1S/C28H31Cl2N5O5S/c1-28(2,3)25(33-26(37)22-10-16-6-4-5-7-21(16)32-22)27(38)35-15-18-12-19(35)14-34(18)24(36)13-31-41(39,40)23-11-17(29)8-9-20(23)30/h4-11,18-19,25,31-32H,12-15H2,1-3H3,(H,33,37)/t18-,19-,25+/m0/s1. The van der Waals surface area contributed by atoms with Gasteiger partial charge in [-0.3, -0.25) is 14.4 Å². The van der Waals surface area contributed by atoms with Crippen molar-refractivity contribution in [2.45, 2.75) is 50.2 Å². The molecular formula is C28H31Cl2N5O5S. The summed E-state index contributed by atoms with van der Waals surface area (Å²) in [6.07, 6.45) is 0.581. The number of benzene rings is 2. The molecule has 0 saturated carbocycles. The van der Waals surface area contributed by atoms with Gasteiger partial charge < -0.3 is 20.1 Å². The number of aromatic nitrogens is 1. The molecule has 13 heteroatoms. The summed E-state index contributed by atoms with van der Waals surface area (Å²) in [6.45, 7) is 5.81. The molecule has 218 valence electrons. The molecule has 2 aromatic carbocycles. The van der Waals surface area contributed by atoms with Crippen LogP contribution in [0.5, 0.6) is 0 Å². The number of piperazine rings is 1. The highest BCUT2D eigenvalue weighted by Crippen LogP contribution is 2.33. The molecule has 2 aliphatic rings. The predicted molar refractivity (Wildman–Crippen MR) is 156 cm³/mol. The minimum Gasteiger partial charge on any atom is -0.351 e. The van der Waals surface area contributed by atoms with Crippen LogP contribution in [0.2, 0.25) is 10.0 Å². The van der Waals surface area contributed by atoms with Gasteiger partial charge in [0.05, 0.1) is 23.7 Å². The van der Waals surface area contributed by atoms with Crippen molar-refractivity contribution in [1.29, 1.82) is 0 Å². The van der Waals surface area contributed by atoms with Gasteiger partial charge in [0.15, 0.2) is 0 Å². The zero-order valence-corrected chi connectivity index (χ0v) is 25.1. The first-order chi connectivity index (χ1) is 19.2. The molecule has 3 amide bonds. The zero-order valence-electron chi connectivity index (χ0n) is 22.8. The molecule has 41 heavy (non-hydrogen) atoms. The number of para-hydroxylation sites is 1. The Labute approximate surface area is 248 Å². The van der Waals surface area contributed by atoms with Crippen molar-refractivity contribution in [3.05, 3.63) is 64.3 Å². The number of halogens is 2. The molecular weight excluding hydrogens is 589 g/mol. The minimum absolute atomic E-state index is 0.00577. The van der Waals surface area contributed by atoms with Gasteiger partial charge in [0.1, 0.15) is 16.6 Å². The number of sulfonamides is 1. The lowest BCUT2D eigenvalue weighted by Crippen LogP contribution is -2.59. The number of carbonyl (C=O) groups excluding carboxylic acids is 3. The summed E-state index contributed by atoms with van der Waals surface area (Å²) < 4.78 is 27.7. The molecule has 3 heterocycles. The SMILES string of the molecule is CC(C)(C)[C@H](NC(=O)c1cc2ccccc2[nH]1)C(=O)N1C[C@@H]2C[C@H]1CN2C(=O)CNS(=O)(=O)c1cc(Cl)ccc1Cl. The van der Waals surface area contributed by atoms with Crippen LogP contribution < -0.4 is 10.0 Å². The van der Waals surface area contributed by atoms with Crippen molar-refractivity contribution in [2.24, 2.45) is 5.41 Å². The van der Waals surface area contributed by atoms with Gasteiger partial charge in [0.25, 0.3) is 5.91 Å². The van der Waals surface area contributed by atoms with Crippen LogP contribution in [0.25, 0.3) is 10.9 Å². The molecule has 5 rings (SSSR count). The summed E-state index contributed by atoms with van der Waals surface area (Å²) in [7, 11) is -4.07. The molecule has 1 aromatic heterocycles. The van der Waals surface area contributed by atoms with E-state index >= 15 is 0 Å². The number of aromatic amines is 1. The first kappa shape index (κ1) is 29.4. The molecule has 10 nitrogen and oxygen atoms in total. The fourth-order valence-corrected chi connectivity index (χ4v) is 7.22. The van der Waals surface area contributed by atoms with E-state index < -0.39 is 33.9 Å². The number of fused-ring (bicyclic) bond motifs is 3. The van der Waals surface area contributed by atoms with E-state index in [1.807, 2.05) is 45.0 Å². The number of nitrogens with zero attached hydrogens (tertiary/aromatic N) is 2. The number of likely N-dealkylation sites (tertiary alicyclic amines) is 2. The van der Waals surface area contributed by atoms with Crippen molar-refractivity contribution in [2.75, 3.05) is 19.6 Å². The molecule has 3 atom stereocenters. The Morgan fingerprint density at radius 2 is 1.71 bits per heavy atom. The quantitative estimate of drug-likeness (QED) is 0.373. The lowest BCUT2D eigenvalue weighted by Gasteiger charge is -2.39. The lowest BCUT2D eigenvalue weighted by atomic mass is 9.85. The van der Waals surface area contributed by atoms with Crippen LogP contribution in [0.1, 0.15) is 37.7 Å². The fourth-order valence-electron chi connectivity index (χ4n) is 5.48. The van der Waals surface area contributed by atoms with Gasteiger partial charge in [-0.1, -0.05) is 62.2 Å². The molecule has 3 aromatic rings. The largest absolute Gasteiger partial charge is 0.351 e. The summed E-state index contributed by atoms with van der Waals surface area (Å²) in [5.74, 6) is -0.980. The Kier molecular flexibility index (Phi) is 7.84. The van der Waals surface area contributed by atoms with Gasteiger partial charge in [-0.15, -0.1) is 0 Å². The fraction of sp³-hybridized carbons (Fsp3) is 0.393. The maximum absolute atomic E-state index is 13.8. The van der Waals surface area contributed by atoms with Gasteiger partial charge in [0, 0.05) is 29.0 Å². The third-order valence-electron chi connectivity index (χ3n) is 7.60. The third-order valence-corrected chi connectivity index (χ3v) is 9.72. The van der Waals surface area contributed by atoms with Crippen molar-refractivity contribution >= 4 is 61.8 Å². The van der Waals surface area contributed by atoms with E-state index in [1.165, 1.54) is 18.2 Å². The van der Waals surface area contributed by atoms with E-state index in [0.29, 0.717) is 18.7 Å². The summed E-state index contributed by atoms with van der Waals surface area (Å²) >= 11 is 11.9. The molecule has 0 aliphatic carbocycles. The van der Waals surface area contributed by atoms with Crippen LogP contribution in [-0.2, 0) is 19.6 Å². The number of hydrogen-bond donors (Lipinski definition) is 3. The number of nitrogens with one attached hydrogen (secondary N) is 3. The Hall–Kier alpha value is -3.12. The Morgan fingerprint density at radius 3 is 2.37 bits per heavy atom. The summed E-state index contributed by atoms with van der Waals surface area (Å²) in [5.41, 5.74) is 0.626. The maximum atomic E-state index is 13.8. The molecule has 2 bridgehead atoms. The van der Waals surface area contributed by atoms with Gasteiger partial charge >= 0.3 is 0 Å². The van der Waals surface area contributed by atoms with Crippen LogP contribution in [0.3, 0.4) is 0 Å². The van der Waals surface area contributed by atoms with Gasteiger partial charge in [-0.25, -0.2) is 13.1 Å². The summed E-state index contributed by atoms with van der Waals surface area (Å²) in [6, 6.07) is 12.1. The monoisotopic (exact) mass is 619 g/mol.